The predicted molar refractivity (Wildman–Crippen MR) is 77.7 cm³/mol. The van der Waals surface area contributed by atoms with Crippen LogP contribution < -0.4 is 11.1 Å². The molecule has 0 aromatic heterocycles. The molecule has 7 heteroatoms. The van der Waals surface area contributed by atoms with Crippen LogP contribution in [0.1, 0.15) is 46.0 Å². The molecule has 21 heavy (non-hydrogen) atoms. The number of carboxylic acid groups (broad SMARTS) is 2. The lowest BCUT2D eigenvalue weighted by atomic mass is 9.88. The van der Waals surface area contributed by atoms with Crippen molar-refractivity contribution in [2.75, 3.05) is 6.54 Å². The Balaban J connectivity index is 4.04. The van der Waals surface area contributed by atoms with Crippen molar-refractivity contribution in [2.24, 2.45) is 17.6 Å². The zero-order valence-electron chi connectivity index (χ0n) is 12.7. The number of aliphatic carboxylic acids is 2. The summed E-state index contributed by atoms with van der Waals surface area (Å²) < 4.78 is 0. The number of hydrogen-bond acceptors (Lipinski definition) is 4. The fourth-order valence-electron chi connectivity index (χ4n) is 2.04. The first kappa shape index (κ1) is 19.4. The molecule has 0 aromatic rings. The van der Waals surface area contributed by atoms with Crippen molar-refractivity contribution in [3.8, 4) is 0 Å². The van der Waals surface area contributed by atoms with Gasteiger partial charge < -0.3 is 21.3 Å². The summed E-state index contributed by atoms with van der Waals surface area (Å²) in [5, 5.41) is 19.9. The summed E-state index contributed by atoms with van der Waals surface area (Å²) in [6, 6.07) is -0.822. The van der Waals surface area contributed by atoms with Gasteiger partial charge in [0.1, 0.15) is 0 Å². The molecule has 2 atom stereocenters. The lowest BCUT2D eigenvalue weighted by Gasteiger charge is -2.20. The summed E-state index contributed by atoms with van der Waals surface area (Å²) in [4.78, 5) is 32.6. The Hall–Kier alpha value is -1.63. The molecule has 2 unspecified atom stereocenters. The van der Waals surface area contributed by atoms with Crippen molar-refractivity contribution < 1.29 is 24.6 Å². The van der Waals surface area contributed by atoms with Gasteiger partial charge in [-0.25, -0.2) is 0 Å². The van der Waals surface area contributed by atoms with Crippen LogP contribution >= 0.6 is 0 Å². The Labute approximate surface area is 124 Å². The maximum Gasteiger partial charge on any atom is 0.303 e. The number of carbonyl (C=O) groups is 3. The minimum Gasteiger partial charge on any atom is -0.481 e. The van der Waals surface area contributed by atoms with E-state index in [1.165, 1.54) is 0 Å². The summed E-state index contributed by atoms with van der Waals surface area (Å²) >= 11 is 0. The second kappa shape index (κ2) is 10.1. The molecule has 1 amide bonds. The molecule has 0 bridgehead atoms. The number of nitrogens with two attached hydrogens (primary N) is 1. The Bertz CT molecular complexity index is 357. The normalized spacial score (nSPS) is 13.7. The van der Waals surface area contributed by atoms with E-state index in [4.69, 9.17) is 15.9 Å². The zero-order chi connectivity index (χ0) is 16.4. The van der Waals surface area contributed by atoms with Gasteiger partial charge in [0.25, 0.3) is 0 Å². The van der Waals surface area contributed by atoms with E-state index in [0.29, 0.717) is 25.3 Å². The maximum absolute atomic E-state index is 11.6. The van der Waals surface area contributed by atoms with Gasteiger partial charge in [-0.2, -0.15) is 0 Å². The van der Waals surface area contributed by atoms with Crippen molar-refractivity contribution in [1.29, 1.82) is 0 Å². The molecular formula is C14H26N2O5. The highest BCUT2D eigenvalue weighted by molar-refractivity contribution is 5.82. The first-order valence-corrected chi connectivity index (χ1v) is 7.21. The second-order valence-corrected chi connectivity index (χ2v) is 5.56. The minimum absolute atomic E-state index is 0.105. The quantitative estimate of drug-likeness (QED) is 0.447. The predicted octanol–water partition coefficient (Wildman–Crippen LogP) is 0.822. The first-order chi connectivity index (χ1) is 9.73. The smallest absolute Gasteiger partial charge is 0.303 e. The van der Waals surface area contributed by atoms with Crippen molar-refractivity contribution in [1.82, 2.24) is 5.32 Å². The van der Waals surface area contributed by atoms with Crippen LogP contribution in [-0.4, -0.2) is 40.6 Å². The van der Waals surface area contributed by atoms with E-state index in [2.05, 4.69) is 5.32 Å². The van der Waals surface area contributed by atoms with Gasteiger partial charge in [-0.05, 0) is 31.1 Å². The molecule has 0 fully saturated rings. The van der Waals surface area contributed by atoms with Crippen LogP contribution in [0.3, 0.4) is 0 Å². The molecule has 0 rings (SSSR count). The van der Waals surface area contributed by atoms with E-state index in [1.807, 2.05) is 13.8 Å². The van der Waals surface area contributed by atoms with Crippen molar-refractivity contribution >= 4 is 17.8 Å². The average Bonchev–Trinajstić information content (AvgIpc) is 2.38. The molecule has 0 radical (unpaired) electrons. The number of hydrogen-bond donors (Lipinski definition) is 4. The first-order valence-electron chi connectivity index (χ1n) is 7.21. The summed E-state index contributed by atoms with van der Waals surface area (Å²) in [7, 11) is 0. The molecule has 0 saturated carbocycles. The Morgan fingerprint density at radius 2 is 1.52 bits per heavy atom. The van der Waals surface area contributed by atoms with Crippen molar-refractivity contribution in [2.45, 2.75) is 52.0 Å². The summed E-state index contributed by atoms with van der Waals surface area (Å²) in [6.45, 7) is 4.46. The number of carbonyl (C=O) groups excluding carboxylic acids is 1. The molecule has 0 aliphatic rings. The van der Waals surface area contributed by atoms with Crippen LogP contribution in [0.25, 0.3) is 0 Å². The Kier molecular flexibility index (Phi) is 9.36. The van der Waals surface area contributed by atoms with E-state index in [-0.39, 0.29) is 31.1 Å². The number of amides is 1. The van der Waals surface area contributed by atoms with Crippen molar-refractivity contribution in [3.63, 3.8) is 0 Å². The second-order valence-electron chi connectivity index (χ2n) is 5.56. The van der Waals surface area contributed by atoms with Crippen LogP contribution in [0.4, 0.5) is 0 Å². The highest BCUT2D eigenvalue weighted by atomic mass is 16.4. The van der Waals surface area contributed by atoms with E-state index in [0.717, 1.165) is 0 Å². The Morgan fingerprint density at radius 1 is 1.00 bits per heavy atom. The standard InChI is InChI=1S/C14H26N2O5/c1-9(2)10(3-5-12(17)18)7-8-16-14(21)11(15)4-6-13(19)20/h9-11H,3-8,15H2,1-2H3,(H,16,21)(H,17,18)(H,19,20). The number of rotatable bonds is 11. The highest BCUT2D eigenvalue weighted by Gasteiger charge is 2.17. The Morgan fingerprint density at radius 3 is 2.00 bits per heavy atom. The van der Waals surface area contributed by atoms with Crippen LogP contribution in [-0.2, 0) is 14.4 Å². The van der Waals surface area contributed by atoms with E-state index in [9.17, 15) is 14.4 Å². The van der Waals surface area contributed by atoms with E-state index >= 15 is 0 Å². The monoisotopic (exact) mass is 302 g/mol. The summed E-state index contributed by atoms with van der Waals surface area (Å²) in [5.41, 5.74) is 5.59. The fourth-order valence-corrected chi connectivity index (χ4v) is 2.04. The molecule has 7 nitrogen and oxygen atoms in total. The lowest BCUT2D eigenvalue weighted by Crippen LogP contribution is -2.41. The molecular weight excluding hydrogens is 276 g/mol. The van der Waals surface area contributed by atoms with Crippen LogP contribution in [0.5, 0.6) is 0 Å². The third kappa shape index (κ3) is 9.84. The molecule has 0 spiro atoms. The van der Waals surface area contributed by atoms with Crippen LogP contribution in [0.15, 0.2) is 0 Å². The topological polar surface area (TPSA) is 130 Å². The maximum atomic E-state index is 11.6. The van der Waals surface area contributed by atoms with Gasteiger partial charge in [0.15, 0.2) is 0 Å². The molecule has 5 N–H and O–H groups in total. The summed E-state index contributed by atoms with van der Waals surface area (Å²) in [5.74, 6) is -1.61. The van der Waals surface area contributed by atoms with Gasteiger partial charge in [-0.3, -0.25) is 14.4 Å². The molecule has 0 aromatic carbocycles. The SMILES string of the molecule is CC(C)C(CCNC(=O)C(N)CCC(=O)O)CCC(=O)O. The highest BCUT2D eigenvalue weighted by Crippen LogP contribution is 2.20. The van der Waals surface area contributed by atoms with Gasteiger partial charge in [0.05, 0.1) is 6.04 Å². The number of carboxylic acids is 2. The third-order valence-corrected chi connectivity index (χ3v) is 3.49. The molecule has 0 aliphatic heterocycles. The minimum atomic E-state index is -0.980. The molecule has 0 saturated heterocycles. The third-order valence-electron chi connectivity index (χ3n) is 3.49. The zero-order valence-corrected chi connectivity index (χ0v) is 12.7. The largest absolute Gasteiger partial charge is 0.481 e. The lowest BCUT2D eigenvalue weighted by molar-refractivity contribution is -0.138. The van der Waals surface area contributed by atoms with Crippen molar-refractivity contribution in [3.05, 3.63) is 0 Å². The molecule has 0 aliphatic carbocycles. The number of nitrogens with one attached hydrogen (secondary N) is 1. The summed E-state index contributed by atoms with van der Waals surface area (Å²) in [6.07, 6.45) is 1.35. The van der Waals surface area contributed by atoms with Gasteiger partial charge >= 0.3 is 11.9 Å². The fraction of sp³-hybridized carbons (Fsp3) is 0.786. The van der Waals surface area contributed by atoms with E-state index in [1.54, 1.807) is 0 Å². The average molecular weight is 302 g/mol. The van der Waals surface area contributed by atoms with Gasteiger partial charge in [0, 0.05) is 19.4 Å². The van der Waals surface area contributed by atoms with Gasteiger partial charge in [0.2, 0.25) is 5.91 Å². The van der Waals surface area contributed by atoms with Gasteiger partial charge in [-0.15, -0.1) is 0 Å². The van der Waals surface area contributed by atoms with Gasteiger partial charge in [-0.1, -0.05) is 13.8 Å². The molecule has 122 valence electrons. The van der Waals surface area contributed by atoms with Crippen LogP contribution in [0, 0.1) is 11.8 Å². The van der Waals surface area contributed by atoms with E-state index < -0.39 is 18.0 Å². The van der Waals surface area contributed by atoms with Crippen LogP contribution in [0.2, 0.25) is 0 Å². The molecule has 0 heterocycles.